The van der Waals surface area contributed by atoms with Gasteiger partial charge in [0, 0.05) is 44.2 Å². The number of ether oxygens (including phenoxy) is 1. The van der Waals surface area contributed by atoms with Gasteiger partial charge in [0.25, 0.3) is 0 Å². The molecule has 5 heteroatoms. The van der Waals surface area contributed by atoms with E-state index in [9.17, 15) is 4.79 Å². The second-order valence-corrected chi connectivity index (χ2v) is 6.60. The quantitative estimate of drug-likeness (QED) is 0.902. The SMILES string of the molecule is Cc1cc(N(C)C)cc(C)c1NC(=O)NC1(C)CCOCC1. The summed E-state index contributed by atoms with van der Waals surface area (Å²) in [5.74, 6) is 0. The maximum Gasteiger partial charge on any atom is 0.319 e. The Morgan fingerprint density at radius 1 is 1.18 bits per heavy atom. The van der Waals surface area contributed by atoms with Crippen LogP contribution in [0.1, 0.15) is 30.9 Å². The first-order valence-electron chi connectivity index (χ1n) is 7.76. The summed E-state index contributed by atoms with van der Waals surface area (Å²) in [6.45, 7) is 7.51. The average Bonchev–Trinajstić information content (AvgIpc) is 2.42. The zero-order valence-electron chi connectivity index (χ0n) is 14.2. The van der Waals surface area contributed by atoms with E-state index in [2.05, 4.69) is 34.6 Å². The molecular formula is C17H27N3O2. The normalized spacial score (nSPS) is 17.0. The van der Waals surface area contributed by atoms with E-state index >= 15 is 0 Å². The van der Waals surface area contributed by atoms with Crippen LogP contribution in [0.5, 0.6) is 0 Å². The molecule has 0 saturated carbocycles. The fourth-order valence-electron chi connectivity index (χ4n) is 2.76. The van der Waals surface area contributed by atoms with E-state index < -0.39 is 0 Å². The van der Waals surface area contributed by atoms with Crippen LogP contribution in [0.3, 0.4) is 0 Å². The van der Waals surface area contributed by atoms with Gasteiger partial charge in [0.05, 0.1) is 0 Å². The number of benzene rings is 1. The molecule has 1 saturated heterocycles. The molecule has 0 atom stereocenters. The third-order valence-electron chi connectivity index (χ3n) is 4.28. The molecule has 0 bridgehead atoms. The van der Waals surface area contributed by atoms with Gasteiger partial charge < -0.3 is 20.3 Å². The lowest BCUT2D eigenvalue weighted by Gasteiger charge is -2.34. The number of aryl methyl sites for hydroxylation is 2. The van der Waals surface area contributed by atoms with Crippen molar-refractivity contribution in [3.05, 3.63) is 23.3 Å². The predicted octanol–water partition coefficient (Wildman–Crippen LogP) is 3.06. The maximum absolute atomic E-state index is 12.3. The van der Waals surface area contributed by atoms with E-state index in [-0.39, 0.29) is 11.6 Å². The summed E-state index contributed by atoms with van der Waals surface area (Å²) in [7, 11) is 4.03. The van der Waals surface area contributed by atoms with Crippen molar-refractivity contribution in [2.45, 2.75) is 39.2 Å². The van der Waals surface area contributed by atoms with Gasteiger partial charge in [0.1, 0.15) is 0 Å². The molecule has 2 N–H and O–H groups in total. The summed E-state index contributed by atoms with van der Waals surface area (Å²) in [6.07, 6.45) is 1.69. The van der Waals surface area contributed by atoms with Gasteiger partial charge in [0.2, 0.25) is 0 Å². The van der Waals surface area contributed by atoms with E-state index in [0.717, 1.165) is 35.3 Å². The summed E-state index contributed by atoms with van der Waals surface area (Å²) in [5.41, 5.74) is 3.97. The van der Waals surface area contributed by atoms with Gasteiger partial charge in [0.15, 0.2) is 0 Å². The molecule has 0 radical (unpaired) electrons. The zero-order valence-corrected chi connectivity index (χ0v) is 14.2. The Morgan fingerprint density at radius 3 is 2.23 bits per heavy atom. The Kier molecular flexibility index (Phi) is 4.96. The van der Waals surface area contributed by atoms with Gasteiger partial charge >= 0.3 is 6.03 Å². The highest BCUT2D eigenvalue weighted by Crippen LogP contribution is 2.27. The summed E-state index contributed by atoms with van der Waals surface area (Å²) >= 11 is 0. The summed E-state index contributed by atoms with van der Waals surface area (Å²) in [4.78, 5) is 14.4. The van der Waals surface area contributed by atoms with Gasteiger partial charge in [-0.2, -0.15) is 0 Å². The fourth-order valence-corrected chi connectivity index (χ4v) is 2.76. The minimum absolute atomic E-state index is 0.145. The van der Waals surface area contributed by atoms with Gasteiger partial charge in [-0.15, -0.1) is 0 Å². The number of anilines is 2. The van der Waals surface area contributed by atoms with Crippen molar-refractivity contribution in [2.24, 2.45) is 0 Å². The van der Waals surface area contributed by atoms with Crippen molar-refractivity contribution in [3.63, 3.8) is 0 Å². The molecule has 1 aromatic rings. The molecule has 0 spiro atoms. The molecule has 0 unspecified atom stereocenters. The molecule has 0 aliphatic carbocycles. The zero-order chi connectivity index (χ0) is 16.3. The molecule has 22 heavy (non-hydrogen) atoms. The molecule has 1 aliphatic rings. The summed E-state index contributed by atoms with van der Waals surface area (Å²) in [6, 6.07) is 4.02. The summed E-state index contributed by atoms with van der Waals surface area (Å²) < 4.78 is 5.36. The summed E-state index contributed by atoms with van der Waals surface area (Å²) in [5, 5.41) is 6.10. The largest absolute Gasteiger partial charge is 0.381 e. The Balaban J connectivity index is 2.08. The lowest BCUT2D eigenvalue weighted by atomic mass is 9.93. The molecule has 2 amide bonds. The standard InChI is InChI=1S/C17H27N3O2/c1-12-10-14(20(4)5)11-13(2)15(12)18-16(21)19-17(3)6-8-22-9-7-17/h10-11H,6-9H2,1-5H3,(H2,18,19,21). The lowest BCUT2D eigenvalue weighted by Crippen LogP contribution is -2.51. The Bertz CT molecular complexity index is 526. The lowest BCUT2D eigenvalue weighted by molar-refractivity contribution is 0.0499. The van der Waals surface area contributed by atoms with Crippen LogP contribution in [0.15, 0.2) is 12.1 Å². The molecule has 1 aromatic carbocycles. The first-order valence-corrected chi connectivity index (χ1v) is 7.76. The first kappa shape index (κ1) is 16.6. The van der Waals surface area contributed by atoms with E-state index in [1.165, 1.54) is 0 Å². The van der Waals surface area contributed by atoms with Gasteiger partial charge in [-0.25, -0.2) is 4.79 Å². The maximum atomic E-state index is 12.3. The van der Waals surface area contributed by atoms with Crippen molar-refractivity contribution in [3.8, 4) is 0 Å². The smallest absolute Gasteiger partial charge is 0.319 e. The van der Waals surface area contributed by atoms with Crippen molar-refractivity contribution in [1.82, 2.24) is 5.32 Å². The Hall–Kier alpha value is -1.75. The van der Waals surface area contributed by atoms with E-state index in [1.54, 1.807) is 0 Å². The van der Waals surface area contributed by atoms with Crippen molar-refractivity contribution < 1.29 is 9.53 Å². The number of amides is 2. The Labute approximate surface area is 133 Å². The van der Waals surface area contributed by atoms with Crippen molar-refractivity contribution in [1.29, 1.82) is 0 Å². The number of hydrogen-bond acceptors (Lipinski definition) is 3. The van der Waals surface area contributed by atoms with Crippen LogP contribution in [0.4, 0.5) is 16.2 Å². The van der Waals surface area contributed by atoms with Crippen LogP contribution >= 0.6 is 0 Å². The number of carbonyl (C=O) groups is 1. The average molecular weight is 305 g/mol. The molecule has 5 nitrogen and oxygen atoms in total. The molecule has 0 aromatic heterocycles. The molecule has 1 fully saturated rings. The third-order valence-corrected chi connectivity index (χ3v) is 4.28. The monoisotopic (exact) mass is 305 g/mol. The number of carbonyl (C=O) groups excluding carboxylic acids is 1. The number of urea groups is 1. The van der Waals surface area contributed by atoms with E-state index in [0.29, 0.717) is 13.2 Å². The Morgan fingerprint density at radius 2 is 1.73 bits per heavy atom. The predicted molar refractivity (Wildman–Crippen MR) is 90.9 cm³/mol. The second-order valence-electron chi connectivity index (χ2n) is 6.60. The molecule has 2 rings (SSSR count). The molecule has 122 valence electrons. The third kappa shape index (κ3) is 3.91. The molecular weight excluding hydrogens is 278 g/mol. The first-order chi connectivity index (χ1) is 10.3. The van der Waals surface area contributed by atoms with Gasteiger partial charge in [-0.05, 0) is 56.9 Å². The van der Waals surface area contributed by atoms with Crippen LogP contribution < -0.4 is 15.5 Å². The van der Waals surface area contributed by atoms with Crippen LogP contribution in [-0.2, 0) is 4.74 Å². The number of nitrogens with one attached hydrogen (secondary N) is 2. The van der Waals surface area contributed by atoms with Crippen LogP contribution in [-0.4, -0.2) is 38.9 Å². The molecule has 1 aliphatic heterocycles. The van der Waals surface area contributed by atoms with E-state index in [4.69, 9.17) is 4.74 Å². The minimum atomic E-state index is -0.187. The number of nitrogens with zero attached hydrogens (tertiary/aromatic N) is 1. The highest BCUT2D eigenvalue weighted by atomic mass is 16.5. The fraction of sp³-hybridized carbons (Fsp3) is 0.588. The highest BCUT2D eigenvalue weighted by molar-refractivity contribution is 5.92. The van der Waals surface area contributed by atoms with Gasteiger partial charge in [-0.3, -0.25) is 0 Å². The minimum Gasteiger partial charge on any atom is -0.381 e. The second kappa shape index (κ2) is 6.57. The van der Waals surface area contributed by atoms with Crippen LogP contribution in [0.25, 0.3) is 0 Å². The molecule has 1 heterocycles. The van der Waals surface area contributed by atoms with Crippen molar-refractivity contribution >= 4 is 17.4 Å². The topological polar surface area (TPSA) is 53.6 Å². The van der Waals surface area contributed by atoms with Gasteiger partial charge in [-0.1, -0.05) is 0 Å². The van der Waals surface area contributed by atoms with Crippen LogP contribution in [0.2, 0.25) is 0 Å². The number of rotatable bonds is 3. The highest BCUT2D eigenvalue weighted by Gasteiger charge is 2.29. The van der Waals surface area contributed by atoms with Crippen molar-refractivity contribution in [2.75, 3.05) is 37.5 Å². The number of hydrogen-bond donors (Lipinski definition) is 2. The van der Waals surface area contributed by atoms with Crippen LogP contribution in [0, 0.1) is 13.8 Å². The van der Waals surface area contributed by atoms with E-state index in [1.807, 2.05) is 27.9 Å².